The van der Waals surface area contributed by atoms with Crippen LogP contribution in [0.2, 0.25) is 0 Å². The van der Waals surface area contributed by atoms with Gasteiger partial charge in [0.1, 0.15) is 6.04 Å². The van der Waals surface area contributed by atoms with Crippen LogP contribution in [-0.2, 0) is 4.79 Å². The lowest BCUT2D eigenvalue weighted by atomic mass is 9.65. The lowest BCUT2D eigenvalue weighted by Gasteiger charge is -2.43. The molecule has 2 aromatic rings. The van der Waals surface area contributed by atoms with Crippen LogP contribution in [0.25, 0.3) is 11.3 Å². The molecule has 2 bridgehead atoms. The Balaban J connectivity index is 1.40. The number of nitrogens with zero attached hydrogens (tertiary/aromatic N) is 1. The molecular weight excluding hydrogens is 326 g/mol. The monoisotopic (exact) mass is 353 g/mol. The van der Waals surface area contributed by atoms with Gasteiger partial charge in [0.2, 0.25) is 11.8 Å². The standard InChI is InChI=1S/C21H27N3O2/c1-13(21-23-12-18(26-21)14-6-3-2-4-7-14)24-20(25)17-10-15-8-5-9-16(11-17)19(15)22/h2-4,6-7,12-13,15-17,19H,5,8-11,22H2,1H3,(H,24,25). The molecule has 0 saturated heterocycles. The molecule has 1 aromatic heterocycles. The van der Waals surface area contributed by atoms with Crippen molar-refractivity contribution >= 4 is 5.91 Å². The van der Waals surface area contributed by atoms with Crippen molar-refractivity contribution in [1.29, 1.82) is 0 Å². The van der Waals surface area contributed by atoms with E-state index in [2.05, 4.69) is 10.3 Å². The SMILES string of the molecule is CC(NC(=O)C1CC2CCCC(C1)C2N)c1ncc(-c2ccccc2)o1. The van der Waals surface area contributed by atoms with E-state index in [0.29, 0.717) is 17.7 Å². The van der Waals surface area contributed by atoms with Gasteiger partial charge in [0.15, 0.2) is 5.76 Å². The molecular formula is C21H27N3O2. The van der Waals surface area contributed by atoms with Gasteiger partial charge in [0, 0.05) is 17.5 Å². The molecule has 0 aliphatic heterocycles. The molecule has 1 aromatic carbocycles. The first-order valence-corrected chi connectivity index (χ1v) is 9.69. The molecule has 2 saturated carbocycles. The van der Waals surface area contributed by atoms with E-state index in [1.807, 2.05) is 37.3 Å². The van der Waals surface area contributed by atoms with Gasteiger partial charge in [-0.25, -0.2) is 4.98 Å². The number of hydrogen-bond donors (Lipinski definition) is 2. The summed E-state index contributed by atoms with van der Waals surface area (Å²) < 4.78 is 5.87. The first-order valence-electron chi connectivity index (χ1n) is 9.69. The van der Waals surface area contributed by atoms with Crippen LogP contribution in [0.3, 0.4) is 0 Å². The number of rotatable bonds is 4. The Kier molecular flexibility index (Phi) is 4.81. The van der Waals surface area contributed by atoms with Gasteiger partial charge in [-0.05, 0) is 44.4 Å². The Hall–Kier alpha value is -2.14. The summed E-state index contributed by atoms with van der Waals surface area (Å²) in [5.74, 6) is 2.45. The van der Waals surface area contributed by atoms with Crippen LogP contribution in [0.4, 0.5) is 0 Å². The predicted octanol–water partition coefficient (Wildman–Crippen LogP) is 3.67. The van der Waals surface area contributed by atoms with E-state index in [1.54, 1.807) is 6.20 Å². The topological polar surface area (TPSA) is 81.2 Å². The minimum atomic E-state index is -0.240. The largest absolute Gasteiger partial charge is 0.438 e. The summed E-state index contributed by atoms with van der Waals surface area (Å²) in [6.07, 6.45) is 7.13. The molecule has 0 spiro atoms. The van der Waals surface area contributed by atoms with Crippen LogP contribution < -0.4 is 11.1 Å². The average molecular weight is 353 g/mol. The van der Waals surface area contributed by atoms with Crippen molar-refractivity contribution in [1.82, 2.24) is 10.3 Å². The van der Waals surface area contributed by atoms with Crippen molar-refractivity contribution in [3.05, 3.63) is 42.4 Å². The van der Waals surface area contributed by atoms with Gasteiger partial charge in [-0.2, -0.15) is 0 Å². The molecule has 5 nitrogen and oxygen atoms in total. The van der Waals surface area contributed by atoms with Gasteiger partial charge in [0.05, 0.1) is 6.20 Å². The van der Waals surface area contributed by atoms with Crippen LogP contribution in [0.5, 0.6) is 0 Å². The number of fused-ring (bicyclic) bond motifs is 2. The second-order valence-electron chi connectivity index (χ2n) is 7.86. The normalized spacial score (nSPS) is 29.2. The first-order chi connectivity index (χ1) is 12.6. The van der Waals surface area contributed by atoms with E-state index >= 15 is 0 Å². The second kappa shape index (κ2) is 7.23. The predicted molar refractivity (Wildman–Crippen MR) is 100 cm³/mol. The summed E-state index contributed by atoms with van der Waals surface area (Å²) in [7, 11) is 0. The van der Waals surface area contributed by atoms with Gasteiger partial charge in [-0.1, -0.05) is 36.8 Å². The molecule has 3 unspecified atom stereocenters. The van der Waals surface area contributed by atoms with E-state index in [4.69, 9.17) is 10.2 Å². The molecule has 3 atom stereocenters. The molecule has 0 radical (unpaired) electrons. The zero-order valence-electron chi connectivity index (χ0n) is 15.2. The van der Waals surface area contributed by atoms with Crippen LogP contribution in [0, 0.1) is 17.8 Å². The zero-order valence-corrected chi connectivity index (χ0v) is 15.2. The second-order valence-corrected chi connectivity index (χ2v) is 7.86. The summed E-state index contributed by atoms with van der Waals surface area (Å²) in [5, 5.41) is 3.10. The van der Waals surface area contributed by atoms with E-state index in [9.17, 15) is 4.79 Å². The number of benzene rings is 1. The van der Waals surface area contributed by atoms with Gasteiger partial charge >= 0.3 is 0 Å². The number of oxazole rings is 1. The highest BCUT2D eigenvalue weighted by Crippen LogP contribution is 2.42. The number of nitrogens with one attached hydrogen (secondary N) is 1. The highest BCUT2D eigenvalue weighted by Gasteiger charge is 2.40. The average Bonchev–Trinajstić information content (AvgIpc) is 3.12. The zero-order chi connectivity index (χ0) is 18.1. The molecule has 5 heteroatoms. The number of carbonyl (C=O) groups excluding carboxylic acids is 1. The number of amides is 1. The molecule has 2 fully saturated rings. The van der Waals surface area contributed by atoms with E-state index in [-0.39, 0.29) is 23.9 Å². The Bertz CT molecular complexity index is 744. The molecule has 2 aliphatic rings. The molecule has 26 heavy (non-hydrogen) atoms. The summed E-state index contributed by atoms with van der Waals surface area (Å²) in [6, 6.07) is 9.91. The van der Waals surface area contributed by atoms with Crippen molar-refractivity contribution < 1.29 is 9.21 Å². The Morgan fingerprint density at radius 1 is 1.23 bits per heavy atom. The minimum absolute atomic E-state index is 0.0658. The van der Waals surface area contributed by atoms with Crippen molar-refractivity contribution in [2.24, 2.45) is 23.5 Å². The van der Waals surface area contributed by atoms with Gasteiger partial charge in [0.25, 0.3) is 0 Å². The van der Waals surface area contributed by atoms with E-state index in [1.165, 1.54) is 6.42 Å². The van der Waals surface area contributed by atoms with Crippen LogP contribution in [-0.4, -0.2) is 16.9 Å². The third-order valence-electron chi connectivity index (χ3n) is 6.09. The molecule has 4 rings (SSSR count). The Morgan fingerprint density at radius 3 is 2.62 bits per heavy atom. The number of hydrogen-bond acceptors (Lipinski definition) is 4. The third-order valence-corrected chi connectivity index (χ3v) is 6.09. The molecule has 138 valence electrons. The smallest absolute Gasteiger partial charge is 0.223 e. The maximum atomic E-state index is 12.8. The Morgan fingerprint density at radius 2 is 1.92 bits per heavy atom. The maximum absolute atomic E-state index is 12.8. The molecule has 1 amide bonds. The number of nitrogens with two attached hydrogens (primary N) is 1. The third kappa shape index (κ3) is 3.40. The van der Waals surface area contributed by atoms with Gasteiger partial charge < -0.3 is 15.5 Å². The number of aromatic nitrogens is 1. The minimum Gasteiger partial charge on any atom is -0.438 e. The molecule has 1 heterocycles. The fraction of sp³-hybridized carbons (Fsp3) is 0.524. The lowest BCUT2D eigenvalue weighted by molar-refractivity contribution is -0.128. The summed E-state index contributed by atoms with van der Waals surface area (Å²) in [5.41, 5.74) is 7.33. The quantitative estimate of drug-likeness (QED) is 0.879. The summed E-state index contributed by atoms with van der Waals surface area (Å²) in [6.45, 7) is 1.92. The van der Waals surface area contributed by atoms with E-state index in [0.717, 1.165) is 37.0 Å². The van der Waals surface area contributed by atoms with Crippen molar-refractivity contribution in [2.75, 3.05) is 0 Å². The first kappa shape index (κ1) is 17.3. The van der Waals surface area contributed by atoms with E-state index < -0.39 is 0 Å². The lowest BCUT2D eigenvalue weighted by Crippen LogP contribution is -2.49. The Labute approximate surface area is 154 Å². The van der Waals surface area contributed by atoms with Crippen molar-refractivity contribution in [3.63, 3.8) is 0 Å². The molecule has 3 N–H and O–H groups in total. The summed E-state index contributed by atoms with van der Waals surface area (Å²) in [4.78, 5) is 17.1. The fourth-order valence-electron chi connectivity index (χ4n) is 4.62. The maximum Gasteiger partial charge on any atom is 0.223 e. The van der Waals surface area contributed by atoms with Gasteiger partial charge in [-0.15, -0.1) is 0 Å². The van der Waals surface area contributed by atoms with Crippen LogP contribution in [0.1, 0.15) is 51.0 Å². The highest BCUT2D eigenvalue weighted by atomic mass is 16.4. The van der Waals surface area contributed by atoms with Crippen LogP contribution in [0.15, 0.2) is 40.9 Å². The number of carbonyl (C=O) groups is 1. The molecule has 2 aliphatic carbocycles. The summed E-state index contributed by atoms with van der Waals surface area (Å²) >= 11 is 0. The van der Waals surface area contributed by atoms with Crippen LogP contribution >= 0.6 is 0 Å². The van der Waals surface area contributed by atoms with Gasteiger partial charge in [-0.3, -0.25) is 4.79 Å². The highest BCUT2D eigenvalue weighted by molar-refractivity contribution is 5.79. The van der Waals surface area contributed by atoms with Crippen molar-refractivity contribution in [3.8, 4) is 11.3 Å². The van der Waals surface area contributed by atoms with Crippen molar-refractivity contribution in [2.45, 2.75) is 51.1 Å². The fourth-order valence-corrected chi connectivity index (χ4v) is 4.62.